The molecule has 9 nitrogen and oxygen atoms in total. The fourth-order valence-electron chi connectivity index (χ4n) is 2.40. The van der Waals surface area contributed by atoms with Crippen LogP contribution in [0.3, 0.4) is 0 Å². The number of sulfonamides is 1. The summed E-state index contributed by atoms with van der Waals surface area (Å²) >= 11 is 0. The van der Waals surface area contributed by atoms with Crippen molar-refractivity contribution in [1.82, 2.24) is 0 Å². The minimum atomic E-state index is -4.11. The van der Waals surface area contributed by atoms with Crippen LogP contribution in [0.5, 0.6) is 11.5 Å². The van der Waals surface area contributed by atoms with E-state index < -0.39 is 25.5 Å². The average Bonchev–Trinajstić information content (AvgIpc) is 2.70. The van der Waals surface area contributed by atoms with Gasteiger partial charge in [-0.1, -0.05) is 16.8 Å². The molecule has 0 saturated heterocycles. The maximum Gasteiger partial charge on any atom is 0.289 e. The van der Waals surface area contributed by atoms with E-state index in [0.717, 1.165) is 6.07 Å². The number of nitro benzene ring substituents is 1. The maximum atomic E-state index is 12.5. The quantitative estimate of drug-likeness (QED) is 0.357. The lowest BCUT2D eigenvalue weighted by Gasteiger charge is -2.10. The van der Waals surface area contributed by atoms with Crippen LogP contribution in [-0.2, 0) is 10.0 Å². The van der Waals surface area contributed by atoms with E-state index in [0.29, 0.717) is 11.5 Å². The number of pyridine rings is 1. The molecule has 0 aliphatic carbocycles. The van der Waals surface area contributed by atoms with E-state index in [4.69, 9.17) is 4.74 Å². The van der Waals surface area contributed by atoms with Crippen LogP contribution < -0.4 is 19.6 Å². The third-order valence-electron chi connectivity index (χ3n) is 3.75. The van der Waals surface area contributed by atoms with Crippen LogP contribution in [0.1, 0.15) is 0 Å². The summed E-state index contributed by atoms with van der Waals surface area (Å²) in [5, 5.41) is 11.1. The first kappa shape index (κ1) is 19.1. The molecule has 3 rings (SSSR count). The highest BCUT2D eigenvalue weighted by molar-refractivity contribution is 7.92. The van der Waals surface area contributed by atoms with Crippen molar-refractivity contribution in [3.05, 3.63) is 83.2 Å². The molecular weight excluding hydrogens is 384 g/mol. The smallest absolute Gasteiger partial charge is 0.289 e. The summed E-state index contributed by atoms with van der Waals surface area (Å²) in [7, 11) is -2.33. The second-order valence-electron chi connectivity index (χ2n) is 5.62. The Labute approximate surface area is 161 Å². The van der Waals surface area contributed by atoms with Crippen molar-refractivity contribution >= 4 is 21.4 Å². The Balaban J connectivity index is 1.75. The Morgan fingerprint density at radius 2 is 1.57 bits per heavy atom. The van der Waals surface area contributed by atoms with E-state index in [2.05, 4.69) is 10.1 Å². The Kier molecular flexibility index (Phi) is 5.41. The first-order chi connectivity index (χ1) is 13.4. The number of hydrogen-bond donors (Lipinski definition) is 2. The normalized spacial score (nSPS) is 10.9. The van der Waals surface area contributed by atoms with Gasteiger partial charge in [0.1, 0.15) is 11.5 Å². The Bertz CT molecular complexity index is 1080. The fourth-order valence-corrected chi connectivity index (χ4v) is 3.63. The molecule has 1 heterocycles. The summed E-state index contributed by atoms with van der Waals surface area (Å²) in [4.78, 5) is 9.94. The molecule has 3 aromatic rings. The number of para-hydroxylation sites is 1. The van der Waals surface area contributed by atoms with Crippen molar-refractivity contribution in [3.8, 4) is 11.5 Å². The second-order valence-corrected chi connectivity index (χ2v) is 7.27. The molecule has 0 aliphatic rings. The summed E-state index contributed by atoms with van der Waals surface area (Å²) in [5.41, 5.74) is 2.69. The van der Waals surface area contributed by atoms with Crippen LogP contribution in [0.4, 0.5) is 11.4 Å². The SMILES string of the molecule is CN[n+]1ccc(Oc2ccc(NS(=O)(=O)c3ccccc3[N+](=O)[O-])cc2)cc1. The minimum Gasteiger partial charge on any atom is -0.457 e. The van der Waals surface area contributed by atoms with Crippen LogP contribution >= 0.6 is 0 Å². The topological polar surface area (TPSA) is 114 Å². The van der Waals surface area contributed by atoms with E-state index in [-0.39, 0.29) is 5.69 Å². The van der Waals surface area contributed by atoms with Crippen LogP contribution in [0.15, 0.2) is 78.0 Å². The molecular formula is C18H17N4O5S+. The lowest BCUT2D eigenvalue weighted by Crippen LogP contribution is -2.41. The van der Waals surface area contributed by atoms with Crippen molar-refractivity contribution < 1.29 is 22.8 Å². The monoisotopic (exact) mass is 401 g/mol. The van der Waals surface area contributed by atoms with E-state index in [1.54, 1.807) is 48.4 Å². The molecule has 0 bridgehead atoms. The summed E-state index contributed by atoms with van der Waals surface area (Å²) in [6, 6.07) is 14.9. The highest BCUT2D eigenvalue weighted by Crippen LogP contribution is 2.27. The summed E-state index contributed by atoms with van der Waals surface area (Å²) in [6.07, 6.45) is 3.56. The molecule has 0 unspecified atom stereocenters. The van der Waals surface area contributed by atoms with Crippen LogP contribution in [0, 0.1) is 10.1 Å². The predicted octanol–water partition coefficient (Wildman–Crippen LogP) is 2.65. The lowest BCUT2D eigenvalue weighted by atomic mass is 10.3. The van der Waals surface area contributed by atoms with Crippen molar-refractivity contribution in [2.75, 3.05) is 17.2 Å². The fraction of sp³-hybridized carbons (Fsp3) is 0.0556. The maximum absolute atomic E-state index is 12.5. The zero-order chi connectivity index (χ0) is 20.1. The number of rotatable bonds is 7. The lowest BCUT2D eigenvalue weighted by molar-refractivity contribution is -0.647. The first-order valence-corrected chi connectivity index (χ1v) is 9.60. The molecule has 2 aromatic carbocycles. The molecule has 10 heteroatoms. The van der Waals surface area contributed by atoms with Gasteiger partial charge in [-0.2, -0.15) is 5.43 Å². The number of hydrogen-bond acceptors (Lipinski definition) is 6. The Morgan fingerprint density at radius 1 is 0.964 bits per heavy atom. The van der Waals surface area contributed by atoms with Crippen molar-refractivity contribution in [1.29, 1.82) is 0 Å². The first-order valence-electron chi connectivity index (χ1n) is 8.12. The van der Waals surface area contributed by atoms with Crippen molar-refractivity contribution in [2.24, 2.45) is 0 Å². The third-order valence-corrected chi connectivity index (χ3v) is 5.18. The molecule has 0 atom stereocenters. The predicted molar refractivity (Wildman–Crippen MR) is 102 cm³/mol. The van der Waals surface area contributed by atoms with Crippen molar-refractivity contribution in [2.45, 2.75) is 4.90 Å². The number of anilines is 1. The standard InChI is InChI=1S/C18H17N4O5S/c1-19-21-12-10-16(11-13-21)27-15-8-6-14(7-9-15)20-28(25,26)18-5-3-2-4-17(18)22(23)24/h2-13,19-20H,1H3/q+1. The van der Waals surface area contributed by atoms with Gasteiger partial charge in [-0.3, -0.25) is 14.8 Å². The minimum absolute atomic E-state index is 0.256. The number of nitrogens with zero attached hydrogens (tertiary/aromatic N) is 2. The van der Waals surface area contributed by atoms with Gasteiger partial charge in [0.25, 0.3) is 15.7 Å². The molecule has 0 amide bonds. The molecule has 144 valence electrons. The Morgan fingerprint density at radius 3 is 2.18 bits per heavy atom. The molecule has 0 fully saturated rings. The Hall–Kier alpha value is -3.66. The third kappa shape index (κ3) is 4.35. The molecule has 0 aliphatic heterocycles. The number of aromatic nitrogens is 1. The van der Waals surface area contributed by atoms with E-state index >= 15 is 0 Å². The summed E-state index contributed by atoms with van der Waals surface area (Å²) < 4.78 is 34.8. The van der Waals surface area contributed by atoms with Gasteiger partial charge in [-0.15, -0.1) is 0 Å². The highest BCUT2D eigenvalue weighted by atomic mass is 32.2. The van der Waals surface area contributed by atoms with Gasteiger partial charge < -0.3 is 4.74 Å². The van der Waals surface area contributed by atoms with Crippen LogP contribution in [0.2, 0.25) is 0 Å². The van der Waals surface area contributed by atoms with Gasteiger partial charge in [-0.05, 0) is 30.3 Å². The average molecular weight is 401 g/mol. The molecule has 2 N–H and O–H groups in total. The zero-order valence-electron chi connectivity index (χ0n) is 14.8. The molecule has 0 saturated carbocycles. The number of nitro groups is 1. The van der Waals surface area contributed by atoms with Crippen LogP contribution in [-0.4, -0.2) is 20.4 Å². The number of ether oxygens (including phenoxy) is 1. The van der Waals surface area contributed by atoms with Gasteiger partial charge in [0, 0.05) is 23.9 Å². The summed E-state index contributed by atoms with van der Waals surface area (Å²) in [6.45, 7) is 0. The molecule has 0 radical (unpaired) electrons. The van der Waals surface area contributed by atoms with E-state index in [9.17, 15) is 18.5 Å². The van der Waals surface area contributed by atoms with E-state index in [1.165, 1.54) is 30.3 Å². The molecule has 28 heavy (non-hydrogen) atoms. The van der Waals surface area contributed by atoms with Crippen LogP contribution in [0.25, 0.3) is 0 Å². The van der Waals surface area contributed by atoms with Gasteiger partial charge in [0.15, 0.2) is 4.90 Å². The zero-order valence-corrected chi connectivity index (χ0v) is 15.6. The number of nitrogens with one attached hydrogen (secondary N) is 2. The van der Waals surface area contributed by atoms with Gasteiger partial charge >= 0.3 is 0 Å². The van der Waals surface area contributed by atoms with Crippen molar-refractivity contribution in [3.63, 3.8) is 0 Å². The van der Waals surface area contributed by atoms with Gasteiger partial charge in [0.05, 0.1) is 12.0 Å². The molecule has 1 aromatic heterocycles. The van der Waals surface area contributed by atoms with Gasteiger partial charge in [-0.25, -0.2) is 8.42 Å². The van der Waals surface area contributed by atoms with Gasteiger partial charge in [0.2, 0.25) is 12.4 Å². The van der Waals surface area contributed by atoms with E-state index in [1.807, 2.05) is 0 Å². The largest absolute Gasteiger partial charge is 0.457 e. The summed E-state index contributed by atoms with van der Waals surface area (Å²) in [5.74, 6) is 1.12. The second kappa shape index (κ2) is 7.92. The number of benzene rings is 2. The highest BCUT2D eigenvalue weighted by Gasteiger charge is 2.25. The molecule has 0 spiro atoms.